The summed E-state index contributed by atoms with van der Waals surface area (Å²) in [5.41, 5.74) is 6.57. The van der Waals surface area contributed by atoms with Gasteiger partial charge in [0.05, 0.1) is 0 Å². The van der Waals surface area contributed by atoms with Gasteiger partial charge in [-0.25, -0.2) is 0 Å². The molecular weight excluding hydrogens is 336 g/mol. The Balaban J connectivity index is 1.41. The lowest BCUT2D eigenvalue weighted by Gasteiger charge is -2.20. The molecule has 0 amide bonds. The van der Waals surface area contributed by atoms with E-state index in [9.17, 15) is 0 Å². The molecule has 2 aromatic carbocycles. The molecule has 0 aliphatic carbocycles. The van der Waals surface area contributed by atoms with Crippen molar-refractivity contribution in [3.05, 3.63) is 70.9 Å². The van der Waals surface area contributed by atoms with E-state index in [4.69, 9.17) is 0 Å². The molecule has 1 aliphatic heterocycles. The molecular formula is C23H26N2S. The summed E-state index contributed by atoms with van der Waals surface area (Å²) in [6.07, 6.45) is 1.28. The highest BCUT2D eigenvalue weighted by molar-refractivity contribution is 7.08. The van der Waals surface area contributed by atoms with Gasteiger partial charge in [-0.3, -0.25) is 4.90 Å². The van der Waals surface area contributed by atoms with Crippen LogP contribution in [0.5, 0.6) is 0 Å². The maximum Gasteiger partial charge on any atom is 0.0234 e. The van der Waals surface area contributed by atoms with E-state index in [0.717, 1.165) is 6.54 Å². The molecule has 0 bridgehead atoms. The molecule has 0 spiro atoms. The first-order chi connectivity index (χ1) is 12.7. The normalized spacial score (nSPS) is 17.9. The standard InChI is InChI=1S/C23H26N2S/c1-24(2)23-11-13-25(16-23)15-18-3-5-19(6-4-18)20-7-9-21(10-8-20)22-12-14-26-17-22/h3-10,12,14,17,23H,11,13,15-16H2,1-2H3. The highest BCUT2D eigenvalue weighted by Gasteiger charge is 2.23. The smallest absolute Gasteiger partial charge is 0.0234 e. The van der Waals surface area contributed by atoms with Crippen LogP contribution in [0.3, 0.4) is 0 Å². The summed E-state index contributed by atoms with van der Waals surface area (Å²) >= 11 is 1.74. The van der Waals surface area contributed by atoms with E-state index in [1.807, 2.05) is 0 Å². The lowest BCUT2D eigenvalue weighted by atomic mass is 10.0. The third kappa shape index (κ3) is 3.90. The number of thiophene rings is 1. The number of hydrogen-bond donors (Lipinski definition) is 0. The Bertz CT molecular complexity index is 820. The zero-order chi connectivity index (χ0) is 17.9. The number of hydrogen-bond acceptors (Lipinski definition) is 3. The Morgan fingerprint density at radius 1 is 0.885 bits per heavy atom. The average molecular weight is 363 g/mol. The van der Waals surface area contributed by atoms with Crippen LogP contribution in [0, 0.1) is 0 Å². The van der Waals surface area contributed by atoms with Crippen molar-refractivity contribution in [2.24, 2.45) is 0 Å². The SMILES string of the molecule is CN(C)C1CCN(Cc2ccc(-c3ccc(-c4ccsc4)cc3)cc2)C1. The molecule has 2 heterocycles. The van der Waals surface area contributed by atoms with E-state index in [2.05, 4.69) is 89.3 Å². The molecule has 0 N–H and O–H groups in total. The first kappa shape index (κ1) is 17.5. The second-order valence-corrected chi connectivity index (χ2v) is 8.21. The third-order valence-corrected chi connectivity index (χ3v) is 6.09. The van der Waals surface area contributed by atoms with Gasteiger partial charge in [0.15, 0.2) is 0 Å². The molecule has 0 saturated carbocycles. The molecule has 3 aromatic rings. The van der Waals surface area contributed by atoms with Crippen LogP contribution in [0.2, 0.25) is 0 Å². The predicted octanol–water partition coefficient (Wildman–Crippen LogP) is 5.22. The van der Waals surface area contributed by atoms with Gasteiger partial charge in [-0.1, -0.05) is 48.5 Å². The monoisotopic (exact) mass is 362 g/mol. The van der Waals surface area contributed by atoms with Gasteiger partial charge in [-0.05, 0) is 65.2 Å². The van der Waals surface area contributed by atoms with Gasteiger partial charge in [0.1, 0.15) is 0 Å². The van der Waals surface area contributed by atoms with E-state index in [1.54, 1.807) is 11.3 Å². The Morgan fingerprint density at radius 2 is 1.50 bits per heavy atom. The van der Waals surface area contributed by atoms with Crippen LogP contribution in [0.15, 0.2) is 65.4 Å². The van der Waals surface area contributed by atoms with E-state index in [1.165, 1.54) is 47.3 Å². The molecule has 1 fully saturated rings. The molecule has 1 aromatic heterocycles. The molecule has 2 nitrogen and oxygen atoms in total. The average Bonchev–Trinajstić information content (AvgIpc) is 3.35. The van der Waals surface area contributed by atoms with Crippen LogP contribution in [0.25, 0.3) is 22.3 Å². The minimum atomic E-state index is 0.705. The van der Waals surface area contributed by atoms with Crippen LogP contribution in [-0.2, 0) is 6.54 Å². The van der Waals surface area contributed by atoms with Gasteiger partial charge < -0.3 is 4.90 Å². The second kappa shape index (κ2) is 7.75. The molecule has 134 valence electrons. The summed E-state index contributed by atoms with van der Waals surface area (Å²) in [5.74, 6) is 0. The van der Waals surface area contributed by atoms with Crippen LogP contribution in [0.4, 0.5) is 0 Å². The Morgan fingerprint density at radius 3 is 2.04 bits per heavy atom. The fourth-order valence-electron chi connectivity index (χ4n) is 3.72. The zero-order valence-corrected chi connectivity index (χ0v) is 16.4. The quantitative estimate of drug-likeness (QED) is 0.614. The van der Waals surface area contributed by atoms with Crippen molar-refractivity contribution in [1.82, 2.24) is 9.80 Å². The summed E-state index contributed by atoms with van der Waals surface area (Å²) in [6, 6.07) is 20.9. The molecule has 1 saturated heterocycles. The van der Waals surface area contributed by atoms with Gasteiger partial charge in [0.25, 0.3) is 0 Å². The van der Waals surface area contributed by atoms with Crippen LogP contribution < -0.4 is 0 Å². The van der Waals surface area contributed by atoms with E-state index in [0.29, 0.717) is 6.04 Å². The summed E-state index contributed by atoms with van der Waals surface area (Å²) in [5, 5.41) is 4.33. The van der Waals surface area contributed by atoms with E-state index >= 15 is 0 Å². The van der Waals surface area contributed by atoms with E-state index in [-0.39, 0.29) is 0 Å². The van der Waals surface area contributed by atoms with Crippen molar-refractivity contribution in [1.29, 1.82) is 0 Å². The fraction of sp³-hybridized carbons (Fsp3) is 0.304. The molecule has 3 heteroatoms. The number of nitrogens with zero attached hydrogens (tertiary/aromatic N) is 2. The molecule has 1 unspecified atom stereocenters. The van der Waals surface area contributed by atoms with Gasteiger partial charge in [0, 0.05) is 25.7 Å². The minimum absolute atomic E-state index is 0.705. The topological polar surface area (TPSA) is 6.48 Å². The maximum atomic E-state index is 2.56. The summed E-state index contributed by atoms with van der Waals surface area (Å²) < 4.78 is 0. The van der Waals surface area contributed by atoms with Gasteiger partial charge in [0.2, 0.25) is 0 Å². The maximum absolute atomic E-state index is 2.56. The zero-order valence-electron chi connectivity index (χ0n) is 15.6. The molecule has 4 rings (SSSR count). The van der Waals surface area contributed by atoms with Gasteiger partial charge >= 0.3 is 0 Å². The number of likely N-dealkylation sites (N-methyl/N-ethyl adjacent to an activating group) is 1. The van der Waals surface area contributed by atoms with Crippen LogP contribution in [-0.4, -0.2) is 43.0 Å². The first-order valence-corrected chi connectivity index (χ1v) is 10.2. The molecule has 26 heavy (non-hydrogen) atoms. The lowest BCUT2D eigenvalue weighted by molar-refractivity contribution is 0.264. The highest BCUT2D eigenvalue weighted by atomic mass is 32.1. The lowest BCUT2D eigenvalue weighted by Crippen LogP contribution is -2.31. The predicted molar refractivity (Wildman–Crippen MR) is 113 cm³/mol. The van der Waals surface area contributed by atoms with Crippen molar-refractivity contribution in [3.8, 4) is 22.3 Å². The summed E-state index contributed by atoms with van der Waals surface area (Å²) in [7, 11) is 4.37. The minimum Gasteiger partial charge on any atom is -0.305 e. The first-order valence-electron chi connectivity index (χ1n) is 9.30. The van der Waals surface area contributed by atoms with Crippen molar-refractivity contribution < 1.29 is 0 Å². The van der Waals surface area contributed by atoms with Crippen LogP contribution >= 0.6 is 11.3 Å². The van der Waals surface area contributed by atoms with Gasteiger partial charge in [-0.15, -0.1) is 0 Å². The summed E-state index contributed by atoms with van der Waals surface area (Å²) in [6.45, 7) is 3.44. The second-order valence-electron chi connectivity index (χ2n) is 7.43. The molecule has 0 radical (unpaired) electrons. The number of rotatable bonds is 5. The van der Waals surface area contributed by atoms with Crippen molar-refractivity contribution in [2.75, 3.05) is 27.2 Å². The summed E-state index contributed by atoms with van der Waals surface area (Å²) in [4.78, 5) is 4.91. The van der Waals surface area contributed by atoms with Gasteiger partial charge in [-0.2, -0.15) is 11.3 Å². The van der Waals surface area contributed by atoms with Crippen LogP contribution in [0.1, 0.15) is 12.0 Å². The molecule has 1 atom stereocenters. The number of benzene rings is 2. The Kier molecular flexibility index (Phi) is 5.21. The van der Waals surface area contributed by atoms with Crippen molar-refractivity contribution in [3.63, 3.8) is 0 Å². The molecule has 1 aliphatic rings. The Labute approximate surface area is 160 Å². The fourth-order valence-corrected chi connectivity index (χ4v) is 4.39. The number of likely N-dealkylation sites (tertiary alicyclic amines) is 1. The van der Waals surface area contributed by atoms with Crippen molar-refractivity contribution >= 4 is 11.3 Å². The third-order valence-electron chi connectivity index (χ3n) is 5.41. The van der Waals surface area contributed by atoms with Crippen molar-refractivity contribution in [2.45, 2.75) is 19.0 Å². The largest absolute Gasteiger partial charge is 0.305 e. The Hall–Kier alpha value is -1.94. The highest BCUT2D eigenvalue weighted by Crippen LogP contribution is 2.27. The van der Waals surface area contributed by atoms with E-state index < -0.39 is 0 Å².